The zero-order chi connectivity index (χ0) is 18.1. The number of carboxylic acids is 1. The third-order valence-electron chi connectivity index (χ3n) is 4.80. The molecule has 2 heterocycles. The van der Waals surface area contributed by atoms with Gasteiger partial charge >= 0.3 is 5.97 Å². The lowest BCUT2D eigenvalue weighted by Gasteiger charge is -2.38. The fourth-order valence-corrected chi connectivity index (χ4v) is 3.53. The second-order valence-electron chi connectivity index (χ2n) is 6.53. The highest BCUT2D eigenvalue weighted by molar-refractivity contribution is 5.89. The quantitative estimate of drug-likeness (QED) is 0.888. The van der Waals surface area contributed by atoms with Gasteiger partial charge < -0.3 is 19.5 Å². The molecule has 1 N–H and O–H groups in total. The number of nitrogens with zero attached hydrogens (tertiary/aromatic N) is 1. The van der Waals surface area contributed by atoms with E-state index in [1.54, 1.807) is 4.90 Å². The number of carboxylic acid groups (broad SMARTS) is 1. The van der Waals surface area contributed by atoms with Crippen molar-refractivity contribution in [3.05, 3.63) is 71.8 Å². The summed E-state index contributed by atoms with van der Waals surface area (Å²) >= 11 is 0. The molecule has 2 aromatic rings. The molecule has 4 unspecified atom stereocenters. The molecular formula is C20H19NO5. The van der Waals surface area contributed by atoms with Gasteiger partial charge in [0.2, 0.25) is 0 Å². The monoisotopic (exact) mass is 353 g/mol. The Morgan fingerprint density at radius 1 is 0.962 bits per heavy atom. The van der Waals surface area contributed by atoms with Gasteiger partial charge in [-0.05, 0) is 17.5 Å². The standard InChI is InChI=1S/C20H19NO5/c22-18-16-17(19(23)24)26-20(25-16)15(11-13-7-3-1-4-8-13)21(18)12-14-9-5-2-6-10-14/h1-10,15-17,20H,11-12H2,(H,23,24). The maximum absolute atomic E-state index is 13.0. The van der Waals surface area contributed by atoms with Crippen LogP contribution in [0.1, 0.15) is 11.1 Å². The van der Waals surface area contributed by atoms with E-state index in [1.807, 2.05) is 60.7 Å². The van der Waals surface area contributed by atoms with E-state index >= 15 is 0 Å². The van der Waals surface area contributed by atoms with Gasteiger partial charge in [-0.15, -0.1) is 0 Å². The Morgan fingerprint density at radius 3 is 2.19 bits per heavy atom. The van der Waals surface area contributed by atoms with Crippen LogP contribution in [-0.2, 0) is 32.0 Å². The number of hydrogen-bond acceptors (Lipinski definition) is 4. The molecule has 6 heteroatoms. The summed E-state index contributed by atoms with van der Waals surface area (Å²) in [6.45, 7) is 0.392. The Bertz CT molecular complexity index is 794. The summed E-state index contributed by atoms with van der Waals surface area (Å²) in [6, 6.07) is 19.0. The summed E-state index contributed by atoms with van der Waals surface area (Å²) in [5.41, 5.74) is 2.01. The largest absolute Gasteiger partial charge is 0.479 e. The first kappa shape index (κ1) is 16.8. The van der Waals surface area contributed by atoms with Crippen LogP contribution in [0.3, 0.4) is 0 Å². The first-order chi connectivity index (χ1) is 12.6. The van der Waals surface area contributed by atoms with Gasteiger partial charge in [-0.1, -0.05) is 60.7 Å². The second-order valence-corrected chi connectivity index (χ2v) is 6.53. The molecule has 4 rings (SSSR count). The molecule has 2 fully saturated rings. The summed E-state index contributed by atoms with van der Waals surface area (Å²) in [5.74, 6) is -1.51. The fourth-order valence-electron chi connectivity index (χ4n) is 3.53. The molecule has 2 aliphatic rings. The van der Waals surface area contributed by atoms with Gasteiger partial charge in [0.25, 0.3) is 5.91 Å². The number of carbonyl (C=O) groups excluding carboxylic acids is 1. The highest BCUT2D eigenvalue weighted by Gasteiger charge is 2.55. The van der Waals surface area contributed by atoms with E-state index in [4.69, 9.17) is 9.47 Å². The zero-order valence-corrected chi connectivity index (χ0v) is 14.0. The van der Waals surface area contributed by atoms with Gasteiger partial charge in [-0.25, -0.2) is 4.79 Å². The molecule has 2 aromatic carbocycles. The minimum atomic E-state index is -1.26. The SMILES string of the molecule is O=C(O)C1OC2OC1C(=O)N(Cc1ccccc1)C2Cc1ccccc1. The normalized spacial score (nSPS) is 27.5. The van der Waals surface area contributed by atoms with Gasteiger partial charge in [0.15, 0.2) is 18.5 Å². The Hall–Kier alpha value is -2.70. The highest BCUT2D eigenvalue weighted by atomic mass is 16.7. The van der Waals surface area contributed by atoms with Gasteiger partial charge in [-0.3, -0.25) is 4.79 Å². The van der Waals surface area contributed by atoms with Crippen molar-refractivity contribution in [3.8, 4) is 0 Å². The lowest BCUT2D eigenvalue weighted by atomic mass is 10.0. The summed E-state index contributed by atoms with van der Waals surface area (Å²) in [7, 11) is 0. The molecule has 0 spiro atoms. The topological polar surface area (TPSA) is 76.1 Å². The van der Waals surface area contributed by atoms with E-state index < -0.39 is 24.5 Å². The van der Waals surface area contributed by atoms with Crippen molar-refractivity contribution >= 4 is 11.9 Å². The Kier molecular flexibility index (Phi) is 4.44. The third-order valence-corrected chi connectivity index (χ3v) is 4.80. The molecule has 26 heavy (non-hydrogen) atoms. The van der Waals surface area contributed by atoms with Crippen LogP contribution < -0.4 is 0 Å². The van der Waals surface area contributed by atoms with E-state index in [0.29, 0.717) is 13.0 Å². The van der Waals surface area contributed by atoms with Crippen LogP contribution in [0, 0.1) is 0 Å². The van der Waals surface area contributed by atoms with Gasteiger partial charge in [0.05, 0.1) is 6.04 Å². The van der Waals surface area contributed by atoms with Crippen LogP contribution >= 0.6 is 0 Å². The average molecular weight is 353 g/mol. The van der Waals surface area contributed by atoms with Crippen molar-refractivity contribution in [2.24, 2.45) is 0 Å². The minimum absolute atomic E-state index is 0.337. The fraction of sp³-hybridized carbons (Fsp3) is 0.300. The molecule has 2 saturated heterocycles. The molecule has 4 atom stereocenters. The molecule has 0 saturated carbocycles. The molecule has 1 amide bonds. The molecule has 134 valence electrons. The van der Waals surface area contributed by atoms with E-state index in [9.17, 15) is 14.7 Å². The maximum Gasteiger partial charge on any atom is 0.336 e. The second kappa shape index (κ2) is 6.90. The molecule has 0 aromatic heterocycles. The van der Waals surface area contributed by atoms with Crippen LogP contribution in [-0.4, -0.2) is 46.4 Å². The molecule has 0 radical (unpaired) electrons. The van der Waals surface area contributed by atoms with Crippen molar-refractivity contribution in [2.45, 2.75) is 37.5 Å². The molecule has 2 aliphatic heterocycles. The Balaban J connectivity index is 1.65. The highest BCUT2D eigenvalue weighted by Crippen LogP contribution is 2.34. The molecule has 2 bridgehead atoms. The lowest BCUT2D eigenvalue weighted by molar-refractivity contribution is -0.177. The molecular weight excluding hydrogens is 334 g/mol. The Labute approximate surface area is 151 Å². The minimum Gasteiger partial charge on any atom is -0.479 e. The van der Waals surface area contributed by atoms with Gasteiger partial charge in [-0.2, -0.15) is 0 Å². The van der Waals surface area contributed by atoms with E-state index in [1.165, 1.54) is 0 Å². The zero-order valence-electron chi connectivity index (χ0n) is 14.0. The third kappa shape index (κ3) is 3.09. The van der Waals surface area contributed by atoms with Gasteiger partial charge in [0.1, 0.15) is 0 Å². The molecule has 6 nitrogen and oxygen atoms in total. The van der Waals surface area contributed by atoms with Crippen molar-refractivity contribution in [2.75, 3.05) is 0 Å². The van der Waals surface area contributed by atoms with Crippen LogP contribution in [0.15, 0.2) is 60.7 Å². The summed E-state index contributed by atoms with van der Waals surface area (Å²) < 4.78 is 11.2. The molecule has 0 aliphatic carbocycles. The maximum atomic E-state index is 13.0. The van der Waals surface area contributed by atoms with Crippen LogP contribution in [0.4, 0.5) is 0 Å². The first-order valence-corrected chi connectivity index (χ1v) is 8.55. The number of hydrogen-bond donors (Lipinski definition) is 1. The van der Waals surface area contributed by atoms with E-state index in [-0.39, 0.29) is 11.9 Å². The van der Waals surface area contributed by atoms with Crippen LogP contribution in [0.25, 0.3) is 0 Å². The lowest BCUT2D eigenvalue weighted by Crippen LogP contribution is -2.56. The number of rotatable bonds is 5. The predicted molar refractivity (Wildman–Crippen MR) is 92.1 cm³/mol. The van der Waals surface area contributed by atoms with Crippen molar-refractivity contribution in [3.63, 3.8) is 0 Å². The number of carbonyl (C=O) groups is 2. The van der Waals surface area contributed by atoms with E-state index in [0.717, 1.165) is 11.1 Å². The number of benzene rings is 2. The predicted octanol–water partition coefficient (Wildman–Crippen LogP) is 1.83. The van der Waals surface area contributed by atoms with Crippen molar-refractivity contribution in [1.82, 2.24) is 4.90 Å². The number of amides is 1. The smallest absolute Gasteiger partial charge is 0.336 e. The van der Waals surface area contributed by atoms with Crippen molar-refractivity contribution in [1.29, 1.82) is 0 Å². The van der Waals surface area contributed by atoms with Crippen LogP contribution in [0.5, 0.6) is 0 Å². The van der Waals surface area contributed by atoms with Gasteiger partial charge in [0, 0.05) is 6.54 Å². The van der Waals surface area contributed by atoms with Crippen molar-refractivity contribution < 1.29 is 24.2 Å². The summed E-state index contributed by atoms with van der Waals surface area (Å²) in [4.78, 5) is 26.1. The number of aliphatic carboxylic acids is 1. The summed E-state index contributed by atoms with van der Waals surface area (Å²) in [5, 5.41) is 9.35. The Morgan fingerprint density at radius 2 is 1.58 bits per heavy atom. The number of morpholine rings is 1. The van der Waals surface area contributed by atoms with E-state index in [2.05, 4.69) is 0 Å². The first-order valence-electron chi connectivity index (χ1n) is 8.55. The number of fused-ring (bicyclic) bond motifs is 2. The van der Waals surface area contributed by atoms with Crippen LogP contribution in [0.2, 0.25) is 0 Å². The summed E-state index contributed by atoms with van der Waals surface area (Å²) in [6.07, 6.45) is -2.56. The number of ether oxygens (including phenoxy) is 2. The average Bonchev–Trinajstić information content (AvgIpc) is 3.07.